The molecule has 0 aliphatic carbocycles. The first-order valence-electron chi connectivity index (χ1n) is 14.1. The number of aliphatic hydroxyl groups is 1. The van der Waals surface area contributed by atoms with Crippen molar-refractivity contribution in [3.63, 3.8) is 0 Å². The Labute approximate surface area is 316 Å². The van der Waals surface area contributed by atoms with Gasteiger partial charge in [0.05, 0.1) is 20.0 Å². The van der Waals surface area contributed by atoms with Crippen LogP contribution in [0.25, 0.3) is 0 Å². The van der Waals surface area contributed by atoms with E-state index >= 15 is 0 Å². The molecule has 48 heavy (non-hydrogen) atoms. The van der Waals surface area contributed by atoms with Crippen molar-refractivity contribution in [1.29, 1.82) is 0 Å². The fraction of sp³-hybridized carbons (Fsp3) is 0.680. The Balaban J connectivity index is -0.000000171. The number of ketones is 2. The summed E-state index contributed by atoms with van der Waals surface area (Å²) in [5, 5.41) is 8.90. The third-order valence-electron chi connectivity index (χ3n) is 5.17. The van der Waals surface area contributed by atoms with Crippen molar-refractivity contribution in [1.82, 2.24) is 10.1 Å². The summed E-state index contributed by atoms with van der Waals surface area (Å²) in [4.78, 5) is 86.1. The summed E-state index contributed by atoms with van der Waals surface area (Å²) in [6.45, 7) is 2.71. The zero-order valence-electron chi connectivity index (χ0n) is 27.7. The largest absolute Gasteiger partial charge is 1.00 e. The predicted octanol–water partition coefficient (Wildman–Crippen LogP) is -3.74. The number of nitrogens with one attached hydrogen (secondary N) is 2. The Bertz CT molecular complexity index is 1000. The molecule has 15 nitrogen and oxygen atoms in total. The summed E-state index contributed by atoms with van der Waals surface area (Å²) >= 11 is 12.0. The van der Waals surface area contributed by atoms with Crippen molar-refractivity contribution >= 4 is 116 Å². The molecule has 0 saturated carbocycles. The van der Waals surface area contributed by atoms with E-state index < -0.39 is 19.0 Å². The highest BCUT2D eigenvalue weighted by Crippen LogP contribution is 2.28. The van der Waals surface area contributed by atoms with Crippen molar-refractivity contribution in [2.75, 3.05) is 42.5 Å². The minimum Gasteiger partial charge on any atom is -1.00 e. The number of carbonyl (C=O) groups is 8. The lowest BCUT2D eigenvalue weighted by Crippen LogP contribution is -3.00. The number of amides is 2. The molecule has 0 spiro atoms. The SMILES string of the molecule is CC(=O)SCC(=O)CC1CCSC1=O.CC(=O)SCC(=O)NS.NN.NNC(=O)C(CCO)CC(=O)CS.[2H]CF.[Cl-].[NH3+]C1CCSC1=O. The van der Waals surface area contributed by atoms with Crippen molar-refractivity contribution in [3.8, 4) is 0 Å². The van der Waals surface area contributed by atoms with Crippen LogP contribution in [0, 0.1) is 11.8 Å². The number of carbonyl (C=O) groups excluding carboxylic acids is 8. The molecule has 0 radical (unpaired) electrons. The lowest BCUT2D eigenvalue weighted by atomic mass is 9.99. The quantitative estimate of drug-likeness (QED) is 0.0396. The van der Waals surface area contributed by atoms with E-state index in [4.69, 9.17) is 12.3 Å². The molecule has 2 aliphatic heterocycles. The second-order valence-electron chi connectivity index (χ2n) is 8.76. The zero-order valence-corrected chi connectivity index (χ0v) is 32.5. The molecule has 0 aromatic carbocycles. The van der Waals surface area contributed by atoms with Gasteiger partial charge in [-0.15, -0.1) is 0 Å². The number of thioether (sulfide) groups is 4. The molecule has 0 aromatic rings. The maximum atomic E-state index is 11.3. The van der Waals surface area contributed by atoms with Crippen LogP contribution in [0.2, 0.25) is 0 Å². The predicted molar refractivity (Wildman–Crippen MR) is 194 cm³/mol. The van der Waals surface area contributed by atoms with Gasteiger partial charge in [-0.05, 0) is 12.8 Å². The monoisotopic (exact) mass is 823 g/mol. The number of quaternary nitrogens is 1. The first kappa shape index (κ1) is 53.9. The van der Waals surface area contributed by atoms with Crippen LogP contribution in [0.3, 0.4) is 0 Å². The number of rotatable bonds is 12. The number of halogens is 2. The number of Topliss-reactive ketones (excluding diaryl/α,β-unsaturated/α-hetero) is 2. The highest BCUT2D eigenvalue weighted by atomic mass is 35.5. The summed E-state index contributed by atoms with van der Waals surface area (Å²) in [6, 6.07) is 0.0880. The van der Waals surface area contributed by atoms with E-state index in [1.807, 2.05) is 5.43 Å². The Hall–Kier alpha value is -0.920. The van der Waals surface area contributed by atoms with Crippen LogP contribution in [0.1, 0.15) is 47.3 Å². The van der Waals surface area contributed by atoms with Gasteiger partial charge in [-0.3, -0.25) is 59.9 Å². The summed E-state index contributed by atoms with van der Waals surface area (Å²) in [7, 11) is -1.00. The van der Waals surface area contributed by atoms with Gasteiger partial charge in [0, 0.05) is 68.8 Å². The van der Waals surface area contributed by atoms with Crippen LogP contribution < -0.4 is 45.8 Å². The Morgan fingerprint density at radius 2 is 1.54 bits per heavy atom. The summed E-state index contributed by atoms with van der Waals surface area (Å²) in [5.41, 5.74) is 5.60. The lowest BCUT2D eigenvalue weighted by Gasteiger charge is -2.11. The van der Waals surface area contributed by atoms with E-state index in [0.29, 0.717) is 6.42 Å². The van der Waals surface area contributed by atoms with Crippen LogP contribution in [-0.2, 0) is 38.4 Å². The number of hydrazine groups is 2. The summed E-state index contributed by atoms with van der Waals surface area (Å²) < 4.78 is 17.6. The standard InChI is InChI=1S/C9H12O3S2.C7H14N2O3S.C4H7NO2S2.C4H7NOS.CH3F.ClH.H4N2/c1-6(10)14-5-8(11)4-7-2-3-13-9(7)12;8-9-7(12)5(1-2-10)3-6(11)4-13;1-3(6)9-2-4(7)5-8;5-3-1-2-7-4(3)6;1-2;;1-2/h7H,2-5H2,1H3;5,10,13H,1-4,8H2,(H,9,12);8H,2H2,1H3,(H,5,7);3H,1-2,5H2;1H3;1H;1-2H2/i;;;;1D;;. The molecule has 3 unspecified atom stereocenters. The van der Waals surface area contributed by atoms with Gasteiger partial charge < -0.3 is 28.0 Å². The molecule has 2 rings (SSSR count). The second kappa shape index (κ2) is 38.9. The molecule has 2 saturated heterocycles. The maximum absolute atomic E-state index is 11.3. The average Bonchev–Trinajstić information content (AvgIpc) is 3.65. The fourth-order valence-electron chi connectivity index (χ4n) is 2.91. The first-order chi connectivity index (χ1) is 22.6. The molecule has 0 aromatic heterocycles. The van der Waals surface area contributed by atoms with E-state index in [-0.39, 0.29) is 99.0 Å². The van der Waals surface area contributed by atoms with Crippen molar-refractivity contribution in [2.45, 2.75) is 52.0 Å². The molecule has 282 valence electrons. The highest BCUT2D eigenvalue weighted by Gasteiger charge is 2.27. The molecule has 2 amide bonds. The minimum absolute atomic E-state index is 0. The van der Waals surface area contributed by atoms with Crippen molar-refractivity contribution in [2.24, 2.45) is 29.4 Å². The van der Waals surface area contributed by atoms with Crippen LogP contribution in [0.5, 0.6) is 0 Å². The normalized spacial score (nSPS) is 16.2. The first-order valence-corrected chi connectivity index (χ1v) is 18.5. The molecule has 2 fully saturated rings. The third-order valence-corrected chi connectivity index (χ3v) is 9.57. The Morgan fingerprint density at radius 1 is 1.04 bits per heavy atom. The van der Waals surface area contributed by atoms with E-state index in [9.17, 15) is 42.7 Å². The zero-order chi connectivity index (χ0) is 38.1. The van der Waals surface area contributed by atoms with E-state index in [2.05, 4.69) is 47.6 Å². The molecule has 2 heterocycles. The molecule has 2 aliphatic rings. The number of alkyl halides is 1. The summed E-state index contributed by atoms with van der Waals surface area (Å²) in [5.74, 6) is 13.7. The topological polar surface area (TPSA) is 287 Å². The number of hydrogen-bond donors (Lipinski definition) is 9. The van der Waals surface area contributed by atoms with Gasteiger partial charge >= 0.3 is 0 Å². The Morgan fingerprint density at radius 3 is 1.88 bits per heavy atom. The number of hydrogen-bond acceptors (Lipinski definition) is 18. The third kappa shape index (κ3) is 34.9. The van der Waals surface area contributed by atoms with Gasteiger partial charge in [0.15, 0.2) is 21.4 Å². The molecule has 3 atom stereocenters. The molecule has 12 N–H and O–H groups in total. The minimum atomic E-state index is -1.00. The number of nitrogens with two attached hydrogens (primary N) is 3. The molecular weight excluding hydrogens is 775 g/mol. The Kier molecular flexibility index (Phi) is 43.6. The van der Waals surface area contributed by atoms with Gasteiger partial charge in [0.1, 0.15) is 11.6 Å². The van der Waals surface area contributed by atoms with Gasteiger partial charge in [-0.1, -0.05) is 59.9 Å². The van der Waals surface area contributed by atoms with Crippen LogP contribution >= 0.6 is 72.5 Å². The summed E-state index contributed by atoms with van der Waals surface area (Å²) in [6.07, 6.45) is 2.41. The molecular formula is C25H48ClFN6O9S6. The van der Waals surface area contributed by atoms with Crippen LogP contribution in [-0.4, -0.2) is 97.5 Å². The van der Waals surface area contributed by atoms with Crippen LogP contribution in [0.4, 0.5) is 4.39 Å². The van der Waals surface area contributed by atoms with Crippen LogP contribution in [0.15, 0.2) is 0 Å². The van der Waals surface area contributed by atoms with Crippen molar-refractivity contribution in [3.05, 3.63) is 0 Å². The maximum Gasteiger partial charge on any atom is 0.246 e. The van der Waals surface area contributed by atoms with E-state index in [1.54, 1.807) is 0 Å². The van der Waals surface area contributed by atoms with E-state index in [1.165, 1.54) is 37.4 Å². The van der Waals surface area contributed by atoms with Gasteiger partial charge in [0.2, 0.25) is 16.9 Å². The number of thiol groups is 2. The molecule has 23 heteroatoms. The molecule has 0 bridgehead atoms. The van der Waals surface area contributed by atoms with Gasteiger partial charge in [0.25, 0.3) is 0 Å². The number of aliphatic hydroxyl groups excluding tert-OH is 1. The fourth-order valence-corrected chi connectivity index (χ4v) is 6.12. The second-order valence-corrected chi connectivity index (χ2v) is 13.8. The van der Waals surface area contributed by atoms with Gasteiger partial charge in [-0.2, -0.15) is 12.6 Å². The highest BCUT2D eigenvalue weighted by molar-refractivity contribution is 8.14. The van der Waals surface area contributed by atoms with E-state index in [0.717, 1.165) is 47.9 Å². The smallest absolute Gasteiger partial charge is 0.246 e. The van der Waals surface area contributed by atoms with Gasteiger partial charge in [-0.25, -0.2) is 5.84 Å². The lowest BCUT2D eigenvalue weighted by molar-refractivity contribution is -0.400. The average molecular weight is 825 g/mol. The van der Waals surface area contributed by atoms with Crippen molar-refractivity contribution < 1.29 is 67.4 Å².